The van der Waals surface area contributed by atoms with Crippen LogP contribution in [0.5, 0.6) is 17.4 Å². The highest BCUT2D eigenvalue weighted by Crippen LogP contribution is 2.27. The maximum absolute atomic E-state index is 12.5. The Hall–Kier alpha value is -4.91. The average molecular weight is 551 g/mol. The van der Waals surface area contributed by atoms with Crippen LogP contribution in [0, 0.1) is 0 Å². The van der Waals surface area contributed by atoms with E-state index in [0.29, 0.717) is 23.8 Å². The number of rotatable bonds is 12. The van der Waals surface area contributed by atoms with Gasteiger partial charge in [-0.1, -0.05) is 47.6 Å². The summed E-state index contributed by atoms with van der Waals surface area (Å²) in [5.41, 5.74) is 3.62. The van der Waals surface area contributed by atoms with Gasteiger partial charge in [-0.15, -0.1) is 0 Å². The highest BCUT2D eigenvalue weighted by atomic mass is 16.5. The van der Waals surface area contributed by atoms with Crippen molar-refractivity contribution in [1.29, 1.82) is 0 Å². The number of ether oxygens (including phenoxy) is 2. The van der Waals surface area contributed by atoms with Crippen molar-refractivity contribution in [3.63, 3.8) is 0 Å². The van der Waals surface area contributed by atoms with Crippen molar-refractivity contribution in [2.24, 2.45) is 0 Å². The zero-order chi connectivity index (χ0) is 29.2. The molecule has 2 N–H and O–H groups in total. The van der Waals surface area contributed by atoms with Gasteiger partial charge in [-0.3, -0.25) is 4.79 Å². The fourth-order valence-corrected chi connectivity index (χ4v) is 4.18. The van der Waals surface area contributed by atoms with Crippen LogP contribution >= 0.6 is 0 Å². The quantitative estimate of drug-likeness (QED) is 0.174. The van der Waals surface area contributed by atoms with E-state index in [2.05, 4.69) is 43.2 Å². The minimum Gasteiger partial charge on any atom is -0.490 e. The number of anilines is 1. The minimum absolute atomic E-state index is 0.0374. The highest BCUT2D eigenvalue weighted by molar-refractivity contribution is 6.01. The summed E-state index contributed by atoms with van der Waals surface area (Å²) in [4.78, 5) is 28.1. The second-order valence-corrected chi connectivity index (χ2v) is 10.0. The molecule has 3 aromatic carbocycles. The number of aromatic nitrogens is 1. The van der Waals surface area contributed by atoms with Crippen molar-refractivity contribution in [2.75, 3.05) is 11.9 Å². The van der Waals surface area contributed by atoms with Gasteiger partial charge in [0.05, 0.1) is 17.7 Å². The molecular formula is C34H34N2O5. The lowest BCUT2D eigenvalue weighted by atomic mass is 10.1. The molecule has 0 fully saturated rings. The van der Waals surface area contributed by atoms with Crippen molar-refractivity contribution in [2.45, 2.75) is 40.0 Å². The molecule has 0 saturated carbocycles. The third-order valence-electron chi connectivity index (χ3n) is 6.37. The Morgan fingerprint density at radius 2 is 1.63 bits per heavy atom. The fourth-order valence-electron chi connectivity index (χ4n) is 4.18. The first kappa shape index (κ1) is 29.1. The SMILES string of the molecule is CC(C)=CCCC(C)=CCOc1ccc2cc(Oc3ccc(CC(=O)Nc4ccccc4C(=O)O)cn3)ccc2c1. The fraction of sp³-hybridized carbons (Fsp3) is 0.206. The van der Waals surface area contributed by atoms with Crippen molar-refractivity contribution in [1.82, 2.24) is 4.98 Å². The monoisotopic (exact) mass is 550 g/mol. The van der Waals surface area contributed by atoms with E-state index in [1.807, 2.05) is 36.4 Å². The zero-order valence-electron chi connectivity index (χ0n) is 23.5. The van der Waals surface area contributed by atoms with Crippen LogP contribution < -0.4 is 14.8 Å². The predicted molar refractivity (Wildman–Crippen MR) is 162 cm³/mol. The Balaban J connectivity index is 1.31. The topological polar surface area (TPSA) is 97.8 Å². The van der Waals surface area contributed by atoms with Gasteiger partial charge in [0, 0.05) is 12.3 Å². The van der Waals surface area contributed by atoms with Gasteiger partial charge in [0.1, 0.15) is 18.1 Å². The summed E-state index contributed by atoms with van der Waals surface area (Å²) in [5, 5.41) is 14.0. The van der Waals surface area contributed by atoms with E-state index in [0.717, 1.165) is 29.4 Å². The van der Waals surface area contributed by atoms with E-state index in [1.165, 1.54) is 17.2 Å². The maximum Gasteiger partial charge on any atom is 0.337 e. The van der Waals surface area contributed by atoms with E-state index >= 15 is 0 Å². The number of amides is 1. The number of fused-ring (bicyclic) bond motifs is 1. The molecule has 7 heteroatoms. The lowest BCUT2D eigenvalue weighted by molar-refractivity contribution is -0.115. The van der Waals surface area contributed by atoms with Crippen LogP contribution in [0.4, 0.5) is 5.69 Å². The summed E-state index contributed by atoms with van der Waals surface area (Å²) in [6.45, 7) is 6.90. The van der Waals surface area contributed by atoms with E-state index in [1.54, 1.807) is 36.5 Å². The lowest BCUT2D eigenvalue weighted by Crippen LogP contribution is -2.16. The van der Waals surface area contributed by atoms with Crippen LogP contribution in [0.15, 0.2) is 102 Å². The normalized spacial score (nSPS) is 11.1. The molecule has 0 saturated heterocycles. The number of aromatic carboxylic acids is 1. The molecule has 210 valence electrons. The molecule has 4 rings (SSSR count). The number of carboxylic acids is 1. The van der Waals surface area contributed by atoms with Gasteiger partial charge in [-0.2, -0.15) is 0 Å². The molecule has 0 aliphatic heterocycles. The summed E-state index contributed by atoms with van der Waals surface area (Å²) in [6, 6.07) is 21.5. The smallest absolute Gasteiger partial charge is 0.337 e. The number of carbonyl (C=O) groups excluding carboxylic acids is 1. The van der Waals surface area contributed by atoms with E-state index < -0.39 is 5.97 Å². The molecule has 0 aliphatic rings. The first-order valence-corrected chi connectivity index (χ1v) is 13.5. The van der Waals surface area contributed by atoms with Crippen LogP contribution in [-0.4, -0.2) is 28.6 Å². The van der Waals surface area contributed by atoms with Crippen LogP contribution in [0.2, 0.25) is 0 Å². The standard InChI is InChI=1S/C34H34N2O5/c1-23(2)7-6-8-24(3)17-18-40-28-14-12-27-21-29(15-13-26(27)20-28)41-33-16-11-25(22-35-33)19-32(37)36-31-10-5-4-9-30(31)34(38)39/h4-5,7,9-17,20-22H,6,8,18-19H2,1-3H3,(H,36,37)(H,38,39). The Bertz CT molecular complexity index is 1580. The summed E-state index contributed by atoms with van der Waals surface area (Å²) in [6.07, 6.45) is 8.08. The summed E-state index contributed by atoms with van der Waals surface area (Å²) in [5.74, 6) is 0.418. The maximum atomic E-state index is 12.5. The van der Waals surface area contributed by atoms with E-state index in [9.17, 15) is 14.7 Å². The molecule has 1 heterocycles. The third kappa shape index (κ3) is 8.80. The second kappa shape index (κ2) is 13.9. The van der Waals surface area contributed by atoms with Crippen LogP contribution in [0.1, 0.15) is 49.5 Å². The number of carboxylic acid groups (broad SMARTS) is 1. The molecule has 41 heavy (non-hydrogen) atoms. The summed E-state index contributed by atoms with van der Waals surface area (Å²) >= 11 is 0. The van der Waals surface area contributed by atoms with E-state index in [-0.39, 0.29) is 23.6 Å². The van der Waals surface area contributed by atoms with Crippen LogP contribution in [0.3, 0.4) is 0 Å². The number of para-hydroxylation sites is 1. The summed E-state index contributed by atoms with van der Waals surface area (Å²) in [7, 11) is 0. The largest absolute Gasteiger partial charge is 0.490 e. The molecular weight excluding hydrogens is 516 g/mol. The van der Waals surface area contributed by atoms with Gasteiger partial charge in [0.25, 0.3) is 0 Å². The number of nitrogens with one attached hydrogen (secondary N) is 1. The molecule has 1 aromatic heterocycles. The number of nitrogens with zero attached hydrogens (tertiary/aromatic N) is 1. The Morgan fingerprint density at radius 1 is 0.902 bits per heavy atom. The van der Waals surface area contributed by atoms with Gasteiger partial charge in [0.2, 0.25) is 11.8 Å². The molecule has 0 bridgehead atoms. The van der Waals surface area contributed by atoms with Crippen molar-refractivity contribution < 1.29 is 24.2 Å². The molecule has 0 aliphatic carbocycles. The number of hydrogen-bond acceptors (Lipinski definition) is 5. The summed E-state index contributed by atoms with van der Waals surface area (Å²) < 4.78 is 11.9. The average Bonchev–Trinajstić information content (AvgIpc) is 2.94. The van der Waals surface area contributed by atoms with Gasteiger partial charge < -0.3 is 19.9 Å². The number of allylic oxidation sites excluding steroid dienone is 3. The molecule has 0 spiro atoms. The molecule has 1 amide bonds. The van der Waals surface area contributed by atoms with Crippen molar-refractivity contribution in [3.8, 4) is 17.4 Å². The van der Waals surface area contributed by atoms with Crippen molar-refractivity contribution in [3.05, 3.63) is 113 Å². The van der Waals surface area contributed by atoms with Crippen molar-refractivity contribution >= 4 is 28.3 Å². The van der Waals surface area contributed by atoms with Gasteiger partial charge in [-0.25, -0.2) is 9.78 Å². The molecule has 0 atom stereocenters. The van der Waals surface area contributed by atoms with Gasteiger partial charge >= 0.3 is 5.97 Å². The second-order valence-electron chi connectivity index (χ2n) is 10.0. The van der Waals surface area contributed by atoms with Gasteiger partial charge in [-0.05, 0) is 92.4 Å². The first-order valence-electron chi connectivity index (χ1n) is 13.5. The lowest BCUT2D eigenvalue weighted by Gasteiger charge is -2.10. The minimum atomic E-state index is -1.10. The Morgan fingerprint density at radius 3 is 2.34 bits per heavy atom. The third-order valence-corrected chi connectivity index (χ3v) is 6.37. The zero-order valence-corrected chi connectivity index (χ0v) is 23.5. The molecule has 4 aromatic rings. The number of benzene rings is 3. The van der Waals surface area contributed by atoms with Crippen LogP contribution in [0.25, 0.3) is 10.8 Å². The number of carbonyl (C=O) groups is 2. The Labute approximate surface area is 240 Å². The number of pyridine rings is 1. The molecule has 7 nitrogen and oxygen atoms in total. The molecule has 0 unspecified atom stereocenters. The van der Waals surface area contributed by atoms with E-state index in [4.69, 9.17) is 9.47 Å². The highest BCUT2D eigenvalue weighted by Gasteiger charge is 2.12. The number of hydrogen-bond donors (Lipinski definition) is 2. The molecule has 0 radical (unpaired) electrons. The Kier molecular flexibility index (Phi) is 9.89. The predicted octanol–water partition coefficient (Wildman–Crippen LogP) is 7.98. The van der Waals surface area contributed by atoms with Gasteiger partial charge in [0.15, 0.2) is 0 Å². The first-order chi connectivity index (χ1) is 19.8. The van der Waals surface area contributed by atoms with Crippen LogP contribution in [-0.2, 0) is 11.2 Å².